The highest BCUT2D eigenvalue weighted by Gasteiger charge is 2.33. The number of aromatic nitrogens is 1. The van der Waals surface area contributed by atoms with E-state index in [0.717, 1.165) is 12.1 Å². The van der Waals surface area contributed by atoms with Crippen molar-refractivity contribution in [2.75, 3.05) is 18.5 Å². The molecule has 0 bridgehead atoms. The number of carbonyl (C=O) groups is 1. The third-order valence-corrected chi connectivity index (χ3v) is 5.75. The summed E-state index contributed by atoms with van der Waals surface area (Å²) >= 11 is 12.2. The first-order valence-electron chi connectivity index (χ1n) is 11.1. The van der Waals surface area contributed by atoms with E-state index in [-0.39, 0.29) is 45.7 Å². The minimum atomic E-state index is -4.83. The highest BCUT2D eigenvalue weighted by Crippen LogP contribution is 2.35. The zero-order valence-electron chi connectivity index (χ0n) is 20.0. The number of anilines is 1. The lowest BCUT2D eigenvalue weighted by Crippen LogP contribution is -2.25. The van der Waals surface area contributed by atoms with Gasteiger partial charge in [0, 0.05) is 24.0 Å². The molecule has 1 aromatic heterocycles. The van der Waals surface area contributed by atoms with Gasteiger partial charge in [-0.2, -0.15) is 0 Å². The Morgan fingerprint density at radius 2 is 1.79 bits per heavy atom. The Morgan fingerprint density at radius 1 is 1.11 bits per heavy atom. The van der Waals surface area contributed by atoms with Crippen molar-refractivity contribution in [2.45, 2.75) is 32.1 Å². The van der Waals surface area contributed by atoms with Gasteiger partial charge in [0.05, 0.1) is 22.2 Å². The molecule has 1 aliphatic rings. The van der Waals surface area contributed by atoms with Crippen molar-refractivity contribution >= 4 is 34.8 Å². The highest BCUT2D eigenvalue weighted by atomic mass is 35.5. The lowest BCUT2D eigenvalue weighted by molar-refractivity contribution is -0.274. The maximum absolute atomic E-state index is 13.1. The first-order valence-corrected chi connectivity index (χ1v) is 11.9. The van der Waals surface area contributed by atoms with E-state index in [9.17, 15) is 18.0 Å². The summed E-state index contributed by atoms with van der Waals surface area (Å²) in [5, 5.41) is 2.91. The summed E-state index contributed by atoms with van der Waals surface area (Å²) in [6.45, 7) is 4.19. The lowest BCUT2D eigenvalue weighted by Gasteiger charge is -2.17. The standard InChI is InChI=1S/C25H21Cl2F3N2O6/c1-24(2)35-13-17(37-24)12-34-22-9-14(7-8-31-22)32-23(33)18-10-19(26)20(27)11-21(18)36-15-3-5-16(6-4-15)38-25(28,29)30/h3-11,17H,12-13H2,1-2H3,(H,31,32,33)/t17-/m0/s1. The van der Waals surface area contributed by atoms with Gasteiger partial charge in [-0.05, 0) is 50.2 Å². The summed E-state index contributed by atoms with van der Waals surface area (Å²) < 4.78 is 63.7. The monoisotopic (exact) mass is 572 g/mol. The van der Waals surface area contributed by atoms with Gasteiger partial charge in [0.1, 0.15) is 30.0 Å². The molecule has 2 aromatic carbocycles. The van der Waals surface area contributed by atoms with E-state index < -0.39 is 23.8 Å². The van der Waals surface area contributed by atoms with Crippen molar-refractivity contribution in [1.82, 2.24) is 4.98 Å². The average molecular weight is 573 g/mol. The van der Waals surface area contributed by atoms with Crippen LogP contribution in [0.15, 0.2) is 54.7 Å². The van der Waals surface area contributed by atoms with E-state index in [2.05, 4.69) is 15.0 Å². The van der Waals surface area contributed by atoms with Gasteiger partial charge in [-0.25, -0.2) is 4.98 Å². The van der Waals surface area contributed by atoms with Gasteiger partial charge in [-0.1, -0.05) is 23.2 Å². The van der Waals surface area contributed by atoms with Crippen LogP contribution in [0.4, 0.5) is 18.9 Å². The average Bonchev–Trinajstić information content (AvgIpc) is 3.19. The summed E-state index contributed by atoms with van der Waals surface area (Å²) in [4.78, 5) is 17.2. The van der Waals surface area contributed by atoms with Crippen molar-refractivity contribution in [2.24, 2.45) is 0 Å². The number of hydrogen-bond acceptors (Lipinski definition) is 7. The van der Waals surface area contributed by atoms with E-state index in [1.54, 1.807) is 19.9 Å². The number of ether oxygens (including phenoxy) is 5. The molecule has 1 saturated heterocycles. The summed E-state index contributed by atoms with van der Waals surface area (Å²) in [5.74, 6) is -1.30. The number of amides is 1. The molecule has 202 valence electrons. The molecule has 38 heavy (non-hydrogen) atoms. The van der Waals surface area contributed by atoms with Crippen molar-refractivity contribution in [3.05, 3.63) is 70.3 Å². The van der Waals surface area contributed by atoms with Crippen LogP contribution < -0.4 is 19.5 Å². The largest absolute Gasteiger partial charge is 0.573 e. The molecule has 1 aliphatic heterocycles. The third-order valence-electron chi connectivity index (χ3n) is 5.03. The molecule has 0 radical (unpaired) electrons. The van der Waals surface area contributed by atoms with E-state index >= 15 is 0 Å². The fourth-order valence-electron chi connectivity index (χ4n) is 3.41. The number of nitrogens with one attached hydrogen (secondary N) is 1. The number of hydrogen-bond donors (Lipinski definition) is 1. The molecule has 0 saturated carbocycles. The predicted molar refractivity (Wildman–Crippen MR) is 132 cm³/mol. The molecule has 0 spiro atoms. The highest BCUT2D eigenvalue weighted by molar-refractivity contribution is 6.42. The van der Waals surface area contributed by atoms with Gasteiger partial charge in [0.15, 0.2) is 5.79 Å². The predicted octanol–water partition coefficient (Wildman–Crippen LogP) is 6.86. The summed E-state index contributed by atoms with van der Waals surface area (Å²) in [7, 11) is 0. The Balaban J connectivity index is 1.46. The molecule has 1 N–H and O–H groups in total. The topological polar surface area (TPSA) is 88.1 Å². The molecule has 13 heteroatoms. The molecule has 0 aliphatic carbocycles. The maximum atomic E-state index is 13.1. The van der Waals surface area contributed by atoms with Gasteiger partial charge < -0.3 is 29.0 Å². The summed E-state index contributed by atoms with van der Waals surface area (Å²) in [6.07, 6.45) is -3.64. The van der Waals surface area contributed by atoms with Crippen LogP contribution in [-0.4, -0.2) is 42.4 Å². The Labute approximate surface area is 225 Å². The number of benzene rings is 2. The van der Waals surface area contributed by atoms with E-state index in [1.807, 2.05) is 0 Å². The van der Waals surface area contributed by atoms with Crippen molar-refractivity contribution < 1.29 is 41.7 Å². The summed E-state index contributed by atoms with van der Waals surface area (Å²) in [5.41, 5.74) is 0.391. The maximum Gasteiger partial charge on any atom is 0.573 e. The molecule has 0 unspecified atom stereocenters. The number of pyridine rings is 1. The molecule has 8 nitrogen and oxygen atoms in total. The first-order chi connectivity index (χ1) is 17.9. The van der Waals surface area contributed by atoms with Crippen LogP contribution in [-0.2, 0) is 9.47 Å². The minimum absolute atomic E-state index is 0.0212. The molecule has 2 heterocycles. The number of nitrogens with zero attached hydrogens (tertiary/aromatic N) is 1. The first kappa shape index (κ1) is 27.8. The van der Waals surface area contributed by atoms with Crippen molar-refractivity contribution in [1.29, 1.82) is 0 Å². The van der Waals surface area contributed by atoms with E-state index in [4.69, 9.17) is 42.1 Å². The van der Waals surface area contributed by atoms with Crippen LogP contribution in [0.3, 0.4) is 0 Å². The van der Waals surface area contributed by atoms with Crippen molar-refractivity contribution in [3.63, 3.8) is 0 Å². The molecule has 1 amide bonds. The fraction of sp³-hybridized carbons (Fsp3) is 0.280. The van der Waals surface area contributed by atoms with E-state index in [0.29, 0.717) is 12.3 Å². The second-order valence-corrected chi connectivity index (χ2v) is 9.30. The number of halogens is 5. The van der Waals surface area contributed by atoms with Crippen molar-refractivity contribution in [3.8, 4) is 23.1 Å². The molecule has 3 aromatic rings. The lowest BCUT2D eigenvalue weighted by atomic mass is 10.1. The zero-order valence-corrected chi connectivity index (χ0v) is 21.5. The summed E-state index contributed by atoms with van der Waals surface area (Å²) in [6, 6.07) is 10.4. The second-order valence-electron chi connectivity index (χ2n) is 8.48. The van der Waals surface area contributed by atoms with Crippen LogP contribution in [0.25, 0.3) is 0 Å². The fourth-order valence-corrected chi connectivity index (χ4v) is 3.73. The van der Waals surface area contributed by atoms with Gasteiger partial charge in [0.2, 0.25) is 5.88 Å². The molecular formula is C25H21Cl2F3N2O6. The normalized spacial score (nSPS) is 16.7. The minimum Gasteiger partial charge on any atom is -0.475 e. The van der Waals surface area contributed by atoms with Crippen LogP contribution in [0.5, 0.6) is 23.1 Å². The van der Waals surface area contributed by atoms with Crippen LogP contribution in [0, 0.1) is 0 Å². The van der Waals surface area contributed by atoms with E-state index in [1.165, 1.54) is 36.5 Å². The third kappa shape index (κ3) is 7.64. The molecule has 1 fully saturated rings. The van der Waals surface area contributed by atoms with Gasteiger partial charge in [0.25, 0.3) is 5.91 Å². The quantitative estimate of drug-likeness (QED) is 0.315. The van der Waals surface area contributed by atoms with Crippen LogP contribution in [0.1, 0.15) is 24.2 Å². The molecular weight excluding hydrogens is 552 g/mol. The number of rotatable bonds is 8. The van der Waals surface area contributed by atoms with Crippen LogP contribution in [0.2, 0.25) is 10.0 Å². The number of alkyl halides is 3. The SMILES string of the molecule is CC1(C)OC[C@H](COc2cc(NC(=O)c3cc(Cl)c(Cl)cc3Oc3ccc(OC(F)(F)F)cc3)ccn2)O1. The van der Waals surface area contributed by atoms with Gasteiger partial charge in [-0.15, -0.1) is 13.2 Å². The number of carbonyl (C=O) groups excluding carboxylic acids is 1. The molecule has 4 rings (SSSR count). The van der Waals surface area contributed by atoms with Gasteiger partial charge in [-0.3, -0.25) is 4.79 Å². The Kier molecular flexibility index (Phi) is 8.22. The molecule has 1 atom stereocenters. The Bertz CT molecular complexity index is 1310. The Morgan fingerprint density at radius 3 is 2.45 bits per heavy atom. The zero-order chi connectivity index (χ0) is 27.5. The van der Waals surface area contributed by atoms with Crippen LogP contribution >= 0.6 is 23.2 Å². The van der Waals surface area contributed by atoms with Gasteiger partial charge >= 0.3 is 6.36 Å². The Hall–Kier alpha value is -3.25. The smallest absolute Gasteiger partial charge is 0.475 e. The second kappa shape index (κ2) is 11.2.